The molecule has 0 saturated carbocycles. The maximum atomic E-state index is 12.9. The number of carbonyl (C=O) groups is 2. The fourth-order valence-corrected chi connectivity index (χ4v) is 10.3. The molecule has 57 heavy (non-hydrogen) atoms. The Kier molecular flexibility index (Phi) is 12.7. The minimum atomic E-state index is -1.07. The summed E-state index contributed by atoms with van der Waals surface area (Å²) in [6, 6.07) is 63.5. The van der Waals surface area contributed by atoms with Gasteiger partial charge in [-0.3, -0.25) is 15.1 Å². The summed E-state index contributed by atoms with van der Waals surface area (Å²) in [5, 5.41) is 24.0. The van der Waals surface area contributed by atoms with Crippen molar-refractivity contribution in [2.24, 2.45) is 0 Å². The van der Waals surface area contributed by atoms with Gasteiger partial charge in [0, 0.05) is 18.1 Å². The molecule has 7 aromatic rings. The van der Waals surface area contributed by atoms with Gasteiger partial charge in [-0.1, -0.05) is 182 Å². The summed E-state index contributed by atoms with van der Waals surface area (Å²) in [7, 11) is 0. The second kappa shape index (κ2) is 18.3. The lowest BCUT2D eigenvalue weighted by Crippen LogP contribution is -2.40. The molecule has 6 nitrogen and oxygen atoms in total. The summed E-state index contributed by atoms with van der Waals surface area (Å²) in [4.78, 5) is 30.3. The van der Waals surface area contributed by atoms with Crippen LogP contribution in [0.4, 0.5) is 0 Å². The number of rotatable bonds is 17. The van der Waals surface area contributed by atoms with Crippen LogP contribution in [0.25, 0.3) is 0 Å². The molecule has 8 heteroatoms. The van der Waals surface area contributed by atoms with E-state index in [9.17, 15) is 19.8 Å². The highest BCUT2D eigenvalue weighted by Gasteiger charge is 2.39. The number of pyridine rings is 1. The fraction of sp³-hybridized carbons (Fsp3) is 0.122. The zero-order valence-electron chi connectivity index (χ0n) is 31.1. The van der Waals surface area contributed by atoms with Crippen LogP contribution in [0.3, 0.4) is 0 Å². The van der Waals surface area contributed by atoms with Crippen LogP contribution in [-0.2, 0) is 26.6 Å². The van der Waals surface area contributed by atoms with Crippen molar-refractivity contribution in [2.75, 3.05) is 5.75 Å². The van der Waals surface area contributed by atoms with Crippen LogP contribution in [0.5, 0.6) is 0 Å². The molecule has 0 spiro atoms. The minimum Gasteiger partial charge on any atom is -0.480 e. The zero-order valence-corrected chi connectivity index (χ0v) is 32.8. The van der Waals surface area contributed by atoms with Crippen molar-refractivity contribution in [1.29, 1.82) is 0 Å². The highest BCUT2D eigenvalue weighted by molar-refractivity contribution is 8.00. The fourth-order valence-electron chi connectivity index (χ4n) is 7.31. The molecule has 1 atom stereocenters. The summed E-state index contributed by atoms with van der Waals surface area (Å²) in [5.41, 5.74) is 7.49. The highest BCUT2D eigenvalue weighted by Crippen LogP contribution is 2.50. The lowest BCUT2D eigenvalue weighted by atomic mass is 9.84. The van der Waals surface area contributed by atoms with Gasteiger partial charge >= 0.3 is 11.9 Å². The highest BCUT2D eigenvalue weighted by atomic mass is 32.2. The quantitative estimate of drug-likeness (QED) is 0.0785. The number of carboxylic acids is 2. The Labute approximate surface area is 342 Å². The Morgan fingerprint density at radius 3 is 1.18 bits per heavy atom. The topological polar surface area (TPSA) is 99.5 Å². The van der Waals surface area contributed by atoms with E-state index >= 15 is 0 Å². The summed E-state index contributed by atoms with van der Waals surface area (Å²) >= 11 is 3.23. The van der Waals surface area contributed by atoms with E-state index in [1.165, 1.54) is 6.07 Å². The Balaban J connectivity index is 1.18. The van der Waals surface area contributed by atoms with Gasteiger partial charge in [-0.15, -0.1) is 23.5 Å². The molecule has 0 amide bonds. The van der Waals surface area contributed by atoms with Gasteiger partial charge in [0.15, 0.2) is 0 Å². The standard InChI is InChI=1S/C49H42N2O4S2/c52-46(53)36-31-43(51-44(32-36)34-56-48(37-19-7-1-8-20-37,38-21-9-2-10-22-38)39-23-11-3-12-24-39)33-50-45(47(54)55)35-57-49(40-25-13-4-14-26-40,41-27-15-5-16-28-41)42-29-17-6-18-30-42/h1-32,45,50H,33-35H2,(H,52,53)(H,54,55). The number of benzene rings is 6. The number of nitrogens with one attached hydrogen (secondary N) is 1. The van der Waals surface area contributed by atoms with E-state index in [4.69, 9.17) is 4.98 Å². The van der Waals surface area contributed by atoms with Crippen molar-refractivity contribution in [3.63, 3.8) is 0 Å². The average Bonchev–Trinajstić information content (AvgIpc) is 3.27. The van der Waals surface area contributed by atoms with Crippen LogP contribution in [0.15, 0.2) is 194 Å². The summed E-state index contributed by atoms with van der Waals surface area (Å²) < 4.78 is -1.33. The lowest BCUT2D eigenvalue weighted by Gasteiger charge is -2.36. The maximum absolute atomic E-state index is 12.9. The van der Waals surface area contributed by atoms with Gasteiger partial charge in [0.25, 0.3) is 0 Å². The van der Waals surface area contributed by atoms with Gasteiger partial charge in [-0.25, -0.2) is 4.79 Å². The number of hydrogen-bond acceptors (Lipinski definition) is 6. The maximum Gasteiger partial charge on any atom is 0.335 e. The van der Waals surface area contributed by atoms with E-state index in [0.29, 0.717) is 17.1 Å². The van der Waals surface area contributed by atoms with Crippen LogP contribution >= 0.6 is 23.5 Å². The third kappa shape index (κ3) is 8.74. The first-order valence-corrected chi connectivity index (χ1v) is 20.7. The van der Waals surface area contributed by atoms with Crippen LogP contribution in [-0.4, -0.2) is 38.9 Å². The first-order valence-electron chi connectivity index (χ1n) is 18.7. The van der Waals surface area contributed by atoms with E-state index in [2.05, 4.69) is 78.1 Å². The molecular formula is C49H42N2O4S2. The van der Waals surface area contributed by atoms with Crippen molar-refractivity contribution < 1.29 is 19.8 Å². The van der Waals surface area contributed by atoms with E-state index in [1.54, 1.807) is 29.6 Å². The normalized spacial score (nSPS) is 12.1. The number of aromatic nitrogens is 1. The number of carboxylic acid groups (broad SMARTS) is 2. The van der Waals surface area contributed by atoms with Crippen molar-refractivity contribution in [2.45, 2.75) is 27.8 Å². The molecule has 0 aliphatic heterocycles. The number of thioether (sulfide) groups is 2. The summed E-state index contributed by atoms with van der Waals surface area (Å²) in [6.45, 7) is 0.0620. The van der Waals surface area contributed by atoms with Crippen LogP contribution < -0.4 is 5.32 Å². The Morgan fingerprint density at radius 1 is 0.509 bits per heavy atom. The second-order valence-corrected chi connectivity index (χ2v) is 16.0. The molecule has 1 aromatic heterocycles. The lowest BCUT2D eigenvalue weighted by molar-refractivity contribution is -0.138. The SMILES string of the molecule is O=C(O)c1cc(CNC(CSC(c2ccccc2)(c2ccccc2)c2ccccc2)C(=O)O)nc(CSC(c2ccccc2)(c2ccccc2)c2ccccc2)c1. The number of aromatic carboxylic acids is 1. The number of hydrogen-bond donors (Lipinski definition) is 3. The van der Waals surface area contributed by atoms with E-state index < -0.39 is 27.5 Å². The molecule has 7 rings (SSSR count). The first-order chi connectivity index (χ1) is 27.9. The Hall–Kier alpha value is -5.93. The molecule has 0 saturated heterocycles. The Bertz CT molecular complexity index is 2170. The Morgan fingerprint density at radius 2 is 0.842 bits per heavy atom. The summed E-state index contributed by atoms with van der Waals surface area (Å²) in [5.74, 6) is -1.48. The smallest absolute Gasteiger partial charge is 0.335 e. The molecule has 0 aliphatic rings. The number of nitrogens with zero attached hydrogens (tertiary/aromatic N) is 1. The third-order valence-corrected chi connectivity index (χ3v) is 13.2. The van der Waals surface area contributed by atoms with Gasteiger partial charge < -0.3 is 10.2 Å². The molecule has 0 bridgehead atoms. The van der Waals surface area contributed by atoms with Crippen LogP contribution in [0, 0.1) is 0 Å². The average molecular weight is 787 g/mol. The van der Waals surface area contributed by atoms with Crippen molar-refractivity contribution in [1.82, 2.24) is 10.3 Å². The van der Waals surface area contributed by atoms with Crippen molar-refractivity contribution in [3.8, 4) is 0 Å². The van der Waals surface area contributed by atoms with Gasteiger partial charge in [0.2, 0.25) is 0 Å². The van der Waals surface area contributed by atoms with Crippen LogP contribution in [0.2, 0.25) is 0 Å². The van der Waals surface area contributed by atoms with Crippen molar-refractivity contribution >= 4 is 35.5 Å². The molecule has 3 N–H and O–H groups in total. The molecule has 1 unspecified atom stereocenters. The summed E-state index contributed by atoms with van der Waals surface area (Å²) in [6.07, 6.45) is 0. The zero-order chi connectivity index (χ0) is 39.5. The van der Waals surface area contributed by atoms with E-state index in [1.807, 2.05) is 109 Å². The molecule has 0 fully saturated rings. The molecular weight excluding hydrogens is 745 g/mol. The molecule has 0 radical (unpaired) electrons. The molecule has 1 heterocycles. The van der Waals surface area contributed by atoms with Gasteiger partial charge in [-0.2, -0.15) is 0 Å². The minimum absolute atomic E-state index is 0.0620. The van der Waals surface area contributed by atoms with Gasteiger partial charge in [-0.05, 0) is 45.5 Å². The predicted molar refractivity (Wildman–Crippen MR) is 232 cm³/mol. The molecule has 6 aromatic carbocycles. The first kappa shape index (κ1) is 39.3. The second-order valence-electron chi connectivity index (χ2n) is 13.6. The van der Waals surface area contributed by atoms with E-state index in [0.717, 1.165) is 33.4 Å². The molecule has 0 aliphatic carbocycles. The van der Waals surface area contributed by atoms with Crippen LogP contribution in [0.1, 0.15) is 55.1 Å². The monoisotopic (exact) mass is 786 g/mol. The van der Waals surface area contributed by atoms with Gasteiger partial charge in [0.1, 0.15) is 6.04 Å². The largest absolute Gasteiger partial charge is 0.480 e. The predicted octanol–water partition coefficient (Wildman–Crippen LogP) is 10.3. The van der Waals surface area contributed by atoms with Gasteiger partial charge in [0.05, 0.1) is 26.4 Å². The number of aliphatic carboxylic acids is 1. The van der Waals surface area contributed by atoms with Crippen molar-refractivity contribution in [3.05, 3.63) is 244 Å². The third-order valence-electron chi connectivity index (χ3n) is 9.99. The van der Waals surface area contributed by atoms with E-state index in [-0.39, 0.29) is 17.9 Å². The molecule has 284 valence electrons.